The minimum atomic E-state index is -0.384. The molecule has 164 valence electrons. The maximum atomic E-state index is 14.5. The minimum Gasteiger partial charge on any atom is -0.337 e. The van der Waals surface area contributed by atoms with Crippen molar-refractivity contribution in [2.24, 2.45) is 0 Å². The third kappa shape index (κ3) is 4.13. The highest BCUT2D eigenvalue weighted by Gasteiger charge is 2.21. The molecule has 0 saturated carbocycles. The van der Waals surface area contributed by atoms with E-state index < -0.39 is 0 Å². The van der Waals surface area contributed by atoms with Gasteiger partial charge in [-0.3, -0.25) is 9.59 Å². The number of fused-ring (bicyclic) bond motifs is 1. The molecular formula is C24H23FN4O2S. The zero-order chi connectivity index (χ0) is 22.8. The highest BCUT2D eigenvalue weighted by molar-refractivity contribution is 7.07. The number of benzene rings is 2. The van der Waals surface area contributed by atoms with Crippen LogP contribution < -0.4 is 5.32 Å². The second-order valence-electron chi connectivity index (χ2n) is 7.53. The number of carbonyl (C=O) groups is 2. The molecule has 1 N–H and O–H groups in total. The van der Waals surface area contributed by atoms with Crippen LogP contribution in [0.5, 0.6) is 0 Å². The molecule has 2 aromatic carbocycles. The summed E-state index contributed by atoms with van der Waals surface area (Å²) in [6.07, 6.45) is 0. The molecule has 4 rings (SSSR count). The van der Waals surface area contributed by atoms with Gasteiger partial charge in [0.05, 0.1) is 22.3 Å². The van der Waals surface area contributed by atoms with Gasteiger partial charge in [-0.15, -0.1) is 0 Å². The predicted octanol–water partition coefficient (Wildman–Crippen LogP) is 5.15. The van der Waals surface area contributed by atoms with E-state index in [1.54, 1.807) is 53.6 Å². The number of halogens is 1. The normalized spacial score (nSPS) is 11.0. The van der Waals surface area contributed by atoms with Crippen LogP contribution in [-0.2, 0) is 17.9 Å². The van der Waals surface area contributed by atoms with Crippen molar-refractivity contribution in [1.29, 1.82) is 0 Å². The fraction of sp³-hybridized carbons (Fsp3) is 0.208. The Balaban J connectivity index is 1.85. The van der Waals surface area contributed by atoms with E-state index in [4.69, 9.17) is 0 Å². The van der Waals surface area contributed by atoms with E-state index >= 15 is 0 Å². The van der Waals surface area contributed by atoms with Crippen molar-refractivity contribution in [2.45, 2.75) is 26.9 Å². The van der Waals surface area contributed by atoms with E-state index in [1.165, 1.54) is 13.0 Å². The molecule has 0 bridgehead atoms. The lowest BCUT2D eigenvalue weighted by Gasteiger charge is -2.18. The molecule has 0 aliphatic carbocycles. The fourth-order valence-corrected chi connectivity index (χ4v) is 4.44. The molecule has 2 aromatic heterocycles. The number of amides is 2. The number of aromatic nitrogens is 2. The van der Waals surface area contributed by atoms with Crippen LogP contribution in [0.1, 0.15) is 29.8 Å². The highest BCUT2D eigenvalue weighted by atomic mass is 32.1. The molecule has 8 heteroatoms. The van der Waals surface area contributed by atoms with Crippen LogP contribution in [0.4, 0.5) is 10.1 Å². The van der Waals surface area contributed by atoms with E-state index in [9.17, 15) is 14.0 Å². The quantitative estimate of drug-likeness (QED) is 0.442. The largest absolute Gasteiger partial charge is 0.337 e. The van der Waals surface area contributed by atoms with Crippen molar-refractivity contribution < 1.29 is 14.0 Å². The Hall–Kier alpha value is -3.52. The lowest BCUT2D eigenvalue weighted by Crippen LogP contribution is -2.26. The highest BCUT2D eigenvalue weighted by Crippen LogP contribution is 2.32. The zero-order valence-corrected chi connectivity index (χ0v) is 18.9. The summed E-state index contributed by atoms with van der Waals surface area (Å²) in [7, 11) is 1.73. The molecule has 4 aromatic rings. The number of nitrogens with zero attached hydrogens (tertiary/aromatic N) is 3. The van der Waals surface area contributed by atoms with Crippen LogP contribution in [0.25, 0.3) is 22.4 Å². The van der Waals surface area contributed by atoms with Crippen molar-refractivity contribution in [3.05, 3.63) is 70.2 Å². The lowest BCUT2D eigenvalue weighted by atomic mass is 10.1. The van der Waals surface area contributed by atoms with Gasteiger partial charge in [0, 0.05) is 32.6 Å². The number of imidazole rings is 1. The summed E-state index contributed by atoms with van der Waals surface area (Å²) in [5, 5.41) is 6.79. The molecule has 0 aliphatic rings. The Morgan fingerprint density at radius 2 is 2.00 bits per heavy atom. The monoisotopic (exact) mass is 450 g/mol. The number of aryl methyl sites for hydroxylation is 1. The fourth-order valence-electron chi connectivity index (χ4n) is 3.78. The number of carbonyl (C=O) groups excluding carboxylic acids is 2. The SMILES string of the molecule is CCn1c(-c2ccccc2F)nc2cc(C(=O)N(C)Cc3ccsc3)cc(NC(C)=O)c21. The Morgan fingerprint density at radius 3 is 2.66 bits per heavy atom. The van der Waals surface area contributed by atoms with Gasteiger partial charge in [-0.05, 0) is 53.6 Å². The van der Waals surface area contributed by atoms with Gasteiger partial charge in [-0.1, -0.05) is 12.1 Å². The summed E-state index contributed by atoms with van der Waals surface area (Å²) < 4.78 is 16.4. The van der Waals surface area contributed by atoms with E-state index in [1.807, 2.05) is 28.3 Å². The van der Waals surface area contributed by atoms with Crippen molar-refractivity contribution in [2.75, 3.05) is 12.4 Å². The van der Waals surface area contributed by atoms with Crippen LogP contribution >= 0.6 is 11.3 Å². The second kappa shape index (κ2) is 8.92. The van der Waals surface area contributed by atoms with Gasteiger partial charge in [0.25, 0.3) is 5.91 Å². The number of thiophene rings is 1. The average Bonchev–Trinajstić information content (AvgIpc) is 3.40. The first-order chi connectivity index (χ1) is 15.4. The van der Waals surface area contributed by atoms with Crippen molar-refractivity contribution in [3.63, 3.8) is 0 Å². The summed E-state index contributed by atoms with van der Waals surface area (Å²) in [6.45, 7) is 4.32. The Labute approximate surface area is 189 Å². The average molecular weight is 451 g/mol. The molecule has 0 aliphatic heterocycles. The van der Waals surface area contributed by atoms with Gasteiger partial charge in [0.15, 0.2) is 0 Å². The topological polar surface area (TPSA) is 67.2 Å². The van der Waals surface area contributed by atoms with Crippen molar-refractivity contribution in [1.82, 2.24) is 14.5 Å². The third-order valence-electron chi connectivity index (χ3n) is 5.18. The number of anilines is 1. The number of rotatable bonds is 6. The third-order valence-corrected chi connectivity index (χ3v) is 5.91. The summed E-state index contributed by atoms with van der Waals surface area (Å²) in [6, 6.07) is 11.8. The van der Waals surface area contributed by atoms with E-state index in [2.05, 4.69) is 10.3 Å². The van der Waals surface area contributed by atoms with E-state index in [0.29, 0.717) is 46.8 Å². The molecule has 2 amide bonds. The number of nitrogens with one attached hydrogen (secondary N) is 1. The summed E-state index contributed by atoms with van der Waals surface area (Å²) in [5.41, 5.74) is 3.45. The van der Waals surface area contributed by atoms with Crippen LogP contribution in [0, 0.1) is 5.82 Å². The number of hydrogen-bond donors (Lipinski definition) is 1. The van der Waals surface area contributed by atoms with Gasteiger partial charge in [0.2, 0.25) is 5.91 Å². The maximum Gasteiger partial charge on any atom is 0.254 e. The Morgan fingerprint density at radius 1 is 1.22 bits per heavy atom. The Kier molecular flexibility index (Phi) is 6.05. The van der Waals surface area contributed by atoms with Gasteiger partial charge in [-0.25, -0.2) is 9.37 Å². The predicted molar refractivity (Wildman–Crippen MR) is 125 cm³/mol. The second-order valence-corrected chi connectivity index (χ2v) is 8.31. The number of hydrogen-bond acceptors (Lipinski definition) is 4. The summed E-state index contributed by atoms with van der Waals surface area (Å²) in [5.74, 6) is -0.393. The van der Waals surface area contributed by atoms with Crippen LogP contribution in [0.15, 0.2) is 53.2 Å². The lowest BCUT2D eigenvalue weighted by molar-refractivity contribution is -0.114. The standard InChI is InChI=1S/C24H23FN4O2S/c1-4-29-22-20(26-15(2)30)11-17(24(31)28(3)13-16-9-10-32-14-16)12-21(22)27-23(29)18-7-5-6-8-19(18)25/h5-12,14H,4,13H2,1-3H3,(H,26,30). The van der Waals surface area contributed by atoms with Gasteiger partial charge < -0.3 is 14.8 Å². The first-order valence-corrected chi connectivity index (χ1v) is 11.2. The summed E-state index contributed by atoms with van der Waals surface area (Å²) in [4.78, 5) is 31.4. The van der Waals surface area contributed by atoms with E-state index in [0.717, 1.165) is 5.56 Å². The first kappa shape index (κ1) is 21.7. The molecule has 0 fully saturated rings. The molecule has 0 radical (unpaired) electrons. The molecule has 2 heterocycles. The van der Waals surface area contributed by atoms with Gasteiger partial charge in [-0.2, -0.15) is 11.3 Å². The molecule has 0 spiro atoms. The van der Waals surface area contributed by atoms with Crippen LogP contribution in [0.2, 0.25) is 0 Å². The minimum absolute atomic E-state index is 0.191. The van der Waals surface area contributed by atoms with Gasteiger partial charge >= 0.3 is 0 Å². The zero-order valence-electron chi connectivity index (χ0n) is 18.1. The first-order valence-electron chi connectivity index (χ1n) is 10.2. The molecule has 0 unspecified atom stereocenters. The molecule has 6 nitrogen and oxygen atoms in total. The molecule has 0 atom stereocenters. The Bertz CT molecular complexity index is 1300. The van der Waals surface area contributed by atoms with Crippen molar-refractivity contribution in [3.8, 4) is 11.4 Å². The maximum absolute atomic E-state index is 14.5. The van der Waals surface area contributed by atoms with Crippen molar-refractivity contribution >= 4 is 39.9 Å². The van der Waals surface area contributed by atoms with Gasteiger partial charge in [0.1, 0.15) is 11.6 Å². The molecule has 0 saturated heterocycles. The summed E-state index contributed by atoms with van der Waals surface area (Å²) >= 11 is 1.58. The molecular weight excluding hydrogens is 427 g/mol. The molecule has 32 heavy (non-hydrogen) atoms. The smallest absolute Gasteiger partial charge is 0.254 e. The van der Waals surface area contributed by atoms with Crippen LogP contribution in [-0.4, -0.2) is 33.3 Å². The van der Waals surface area contributed by atoms with Crippen LogP contribution in [0.3, 0.4) is 0 Å². The van der Waals surface area contributed by atoms with E-state index in [-0.39, 0.29) is 17.6 Å².